The molecule has 0 bridgehead atoms. The maximum atomic E-state index is 13.4. The van der Waals surface area contributed by atoms with Gasteiger partial charge in [0.1, 0.15) is 0 Å². The van der Waals surface area contributed by atoms with Crippen molar-refractivity contribution in [2.45, 2.75) is 6.92 Å². The van der Waals surface area contributed by atoms with Crippen LogP contribution in [0.2, 0.25) is 0 Å². The lowest BCUT2D eigenvalue weighted by Crippen LogP contribution is -2.03. The zero-order chi connectivity index (χ0) is 9.84. The summed E-state index contributed by atoms with van der Waals surface area (Å²) < 4.78 is 18.3. The van der Waals surface area contributed by atoms with Crippen molar-refractivity contribution in [2.75, 3.05) is 7.11 Å². The van der Waals surface area contributed by atoms with E-state index in [-0.39, 0.29) is 5.75 Å². The number of halogens is 1. The van der Waals surface area contributed by atoms with Crippen molar-refractivity contribution in [1.82, 2.24) is 0 Å². The first kappa shape index (κ1) is 9.51. The van der Waals surface area contributed by atoms with Crippen molar-refractivity contribution in [3.63, 3.8) is 0 Å². The van der Waals surface area contributed by atoms with Crippen molar-refractivity contribution in [3.05, 3.63) is 29.6 Å². The van der Waals surface area contributed by atoms with Crippen molar-refractivity contribution in [2.24, 2.45) is 10.9 Å². The molecular formula is C9H11FN2O. The number of methoxy groups -OCH3 is 1. The molecule has 0 unspecified atom stereocenters. The molecule has 0 atom stereocenters. The molecule has 0 aliphatic heterocycles. The Morgan fingerprint density at radius 2 is 2.23 bits per heavy atom. The second-order valence-electron chi connectivity index (χ2n) is 2.54. The van der Waals surface area contributed by atoms with E-state index in [4.69, 9.17) is 10.6 Å². The molecule has 70 valence electrons. The molecule has 3 nitrogen and oxygen atoms in total. The number of nitrogens with zero attached hydrogens (tertiary/aromatic N) is 1. The summed E-state index contributed by atoms with van der Waals surface area (Å²) in [7, 11) is 1.41. The molecule has 0 amide bonds. The van der Waals surface area contributed by atoms with Crippen LogP contribution in [0.3, 0.4) is 0 Å². The van der Waals surface area contributed by atoms with Gasteiger partial charge in [0.25, 0.3) is 0 Å². The number of hydrogen-bond donors (Lipinski definition) is 1. The van der Waals surface area contributed by atoms with Crippen LogP contribution in [0.15, 0.2) is 23.3 Å². The molecule has 0 saturated heterocycles. The predicted molar refractivity (Wildman–Crippen MR) is 49.4 cm³/mol. The van der Waals surface area contributed by atoms with Gasteiger partial charge in [-0.1, -0.05) is 6.07 Å². The standard InChI is InChI=1S/C9H11FN2O/c1-6(12-11)7-4-3-5-8(13-2)9(7)10/h3-5H,11H2,1-2H3/b12-6+. The van der Waals surface area contributed by atoms with E-state index >= 15 is 0 Å². The number of rotatable bonds is 2. The Labute approximate surface area is 76.0 Å². The van der Waals surface area contributed by atoms with Crippen LogP contribution in [0.4, 0.5) is 4.39 Å². The summed E-state index contributed by atoms with van der Waals surface area (Å²) in [5, 5.41) is 3.42. The average Bonchev–Trinajstić information content (AvgIpc) is 2.17. The summed E-state index contributed by atoms with van der Waals surface area (Å²) in [6, 6.07) is 4.83. The third kappa shape index (κ3) is 1.77. The Bertz CT molecular complexity index is 336. The molecule has 0 fully saturated rings. The molecule has 0 spiro atoms. The van der Waals surface area contributed by atoms with Gasteiger partial charge in [-0.3, -0.25) is 0 Å². The number of hydrazone groups is 1. The van der Waals surface area contributed by atoms with Crippen molar-refractivity contribution < 1.29 is 9.13 Å². The quantitative estimate of drug-likeness (QED) is 0.428. The van der Waals surface area contributed by atoms with Gasteiger partial charge in [0.05, 0.1) is 12.8 Å². The van der Waals surface area contributed by atoms with Gasteiger partial charge < -0.3 is 10.6 Å². The van der Waals surface area contributed by atoms with Crippen LogP contribution in [0.25, 0.3) is 0 Å². The highest BCUT2D eigenvalue weighted by Crippen LogP contribution is 2.20. The van der Waals surface area contributed by atoms with E-state index in [0.717, 1.165) is 0 Å². The Morgan fingerprint density at radius 1 is 1.54 bits per heavy atom. The summed E-state index contributed by atoms with van der Waals surface area (Å²) in [6.45, 7) is 1.64. The summed E-state index contributed by atoms with van der Waals surface area (Å²) >= 11 is 0. The van der Waals surface area contributed by atoms with Crippen LogP contribution in [0, 0.1) is 5.82 Å². The van der Waals surface area contributed by atoms with Crippen molar-refractivity contribution in [1.29, 1.82) is 0 Å². The number of benzene rings is 1. The van der Waals surface area contributed by atoms with Gasteiger partial charge in [0.2, 0.25) is 0 Å². The number of nitrogens with two attached hydrogens (primary N) is 1. The fourth-order valence-corrected chi connectivity index (χ4v) is 1.02. The average molecular weight is 182 g/mol. The summed E-state index contributed by atoms with van der Waals surface area (Å²) in [4.78, 5) is 0. The number of hydrogen-bond acceptors (Lipinski definition) is 3. The SMILES string of the molecule is COc1cccc(/C(C)=N/N)c1F. The van der Waals surface area contributed by atoms with Crippen molar-refractivity contribution >= 4 is 5.71 Å². The van der Waals surface area contributed by atoms with E-state index in [1.54, 1.807) is 25.1 Å². The summed E-state index contributed by atoms with van der Waals surface area (Å²) in [5.41, 5.74) is 0.804. The second kappa shape index (κ2) is 3.89. The molecule has 0 radical (unpaired) electrons. The second-order valence-corrected chi connectivity index (χ2v) is 2.54. The van der Waals surface area contributed by atoms with Gasteiger partial charge in [0, 0.05) is 5.56 Å². The van der Waals surface area contributed by atoms with Gasteiger partial charge in [-0.2, -0.15) is 5.10 Å². The zero-order valence-corrected chi connectivity index (χ0v) is 7.54. The molecule has 0 saturated carbocycles. The predicted octanol–water partition coefficient (Wildman–Crippen LogP) is 1.52. The minimum Gasteiger partial charge on any atom is -0.494 e. The molecule has 0 aromatic heterocycles. The highest BCUT2D eigenvalue weighted by atomic mass is 19.1. The Hall–Kier alpha value is -1.58. The van der Waals surface area contributed by atoms with Gasteiger partial charge in [-0.05, 0) is 19.1 Å². The van der Waals surface area contributed by atoms with Crippen LogP contribution in [0.5, 0.6) is 5.75 Å². The Kier molecular flexibility index (Phi) is 2.84. The largest absolute Gasteiger partial charge is 0.494 e. The molecule has 1 aromatic carbocycles. The fraction of sp³-hybridized carbons (Fsp3) is 0.222. The van der Waals surface area contributed by atoms with E-state index in [9.17, 15) is 4.39 Å². The smallest absolute Gasteiger partial charge is 0.174 e. The van der Waals surface area contributed by atoms with Gasteiger partial charge >= 0.3 is 0 Å². The first-order valence-electron chi connectivity index (χ1n) is 3.78. The first-order chi connectivity index (χ1) is 6.20. The fourth-order valence-electron chi connectivity index (χ4n) is 1.02. The Morgan fingerprint density at radius 3 is 2.77 bits per heavy atom. The molecule has 2 N–H and O–H groups in total. The minimum absolute atomic E-state index is 0.195. The van der Waals surface area contributed by atoms with E-state index in [0.29, 0.717) is 11.3 Å². The highest BCUT2D eigenvalue weighted by Gasteiger charge is 2.09. The third-order valence-electron chi connectivity index (χ3n) is 1.77. The van der Waals surface area contributed by atoms with Crippen molar-refractivity contribution in [3.8, 4) is 5.75 Å². The maximum absolute atomic E-state index is 13.4. The molecule has 13 heavy (non-hydrogen) atoms. The zero-order valence-electron chi connectivity index (χ0n) is 7.54. The maximum Gasteiger partial charge on any atom is 0.174 e. The highest BCUT2D eigenvalue weighted by molar-refractivity contribution is 5.99. The van der Waals surface area contributed by atoms with Gasteiger partial charge in [-0.15, -0.1) is 0 Å². The van der Waals surface area contributed by atoms with Crippen LogP contribution in [-0.4, -0.2) is 12.8 Å². The van der Waals surface area contributed by atoms with Crippen LogP contribution < -0.4 is 10.6 Å². The molecule has 1 rings (SSSR count). The van der Waals surface area contributed by atoms with Gasteiger partial charge in [-0.25, -0.2) is 4.39 Å². The van der Waals surface area contributed by atoms with E-state index < -0.39 is 5.82 Å². The van der Waals surface area contributed by atoms with Crippen LogP contribution >= 0.6 is 0 Å². The lowest BCUT2D eigenvalue weighted by Gasteiger charge is -2.05. The van der Waals surface area contributed by atoms with E-state index in [1.807, 2.05) is 0 Å². The molecule has 1 aromatic rings. The molecule has 0 aliphatic rings. The molecule has 0 heterocycles. The third-order valence-corrected chi connectivity index (χ3v) is 1.77. The summed E-state index contributed by atoms with van der Waals surface area (Å²) in [6.07, 6.45) is 0. The van der Waals surface area contributed by atoms with Crippen LogP contribution in [0.1, 0.15) is 12.5 Å². The molecule has 0 aliphatic carbocycles. The molecule has 4 heteroatoms. The summed E-state index contributed by atoms with van der Waals surface area (Å²) in [5.74, 6) is 4.81. The monoisotopic (exact) mass is 182 g/mol. The molecular weight excluding hydrogens is 171 g/mol. The van der Waals surface area contributed by atoms with E-state index in [1.165, 1.54) is 7.11 Å². The Balaban J connectivity index is 3.23. The van der Waals surface area contributed by atoms with Crippen LogP contribution in [-0.2, 0) is 0 Å². The number of ether oxygens (including phenoxy) is 1. The lowest BCUT2D eigenvalue weighted by atomic mass is 10.1. The normalized spacial score (nSPS) is 11.5. The minimum atomic E-state index is -0.434. The first-order valence-corrected chi connectivity index (χ1v) is 3.78. The van der Waals surface area contributed by atoms with E-state index in [2.05, 4.69) is 5.10 Å². The lowest BCUT2D eigenvalue weighted by molar-refractivity contribution is 0.386. The van der Waals surface area contributed by atoms with Gasteiger partial charge in [0.15, 0.2) is 11.6 Å². The topological polar surface area (TPSA) is 47.6 Å².